The molecular formula is C17H12N2O3S. The first-order valence-electron chi connectivity index (χ1n) is 6.99. The highest BCUT2D eigenvalue weighted by molar-refractivity contribution is 7.24. The SMILES string of the molecule is COc1ccc2c(c1)sc1cc(-c3ccc([N+](=O)[O-])cc3)cn12. The van der Waals surface area contributed by atoms with Gasteiger partial charge in [-0.3, -0.25) is 10.1 Å². The molecule has 2 aromatic heterocycles. The lowest BCUT2D eigenvalue weighted by molar-refractivity contribution is -0.384. The van der Waals surface area contributed by atoms with Crippen molar-refractivity contribution in [3.63, 3.8) is 0 Å². The molecule has 2 aromatic carbocycles. The Kier molecular flexibility index (Phi) is 3.06. The van der Waals surface area contributed by atoms with Crippen molar-refractivity contribution in [1.29, 1.82) is 0 Å². The smallest absolute Gasteiger partial charge is 0.269 e. The molecule has 0 unspecified atom stereocenters. The standard InChI is InChI=1S/C17H12N2O3S/c1-22-14-6-7-15-16(9-14)23-17-8-12(10-18(15)17)11-2-4-13(5-3-11)19(20)21/h2-10H,1H3. The Balaban J connectivity index is 1.81. The second-order valence-electron chi connectivity index (χ2n) is 5.18. The third kappa shape index (κ3) is 2.24. The summed E-state index contributed by atoms with van der Waals surface area (Å²) in [7, 11) is 1.66. The van der Waals surface area contributed by atoms with E-state index >= 15 is 0 Å². The summed E-state index contributed by atoms with van der Waals surface area (Å²) < 4.78 is 8.56. The van der Waals surface area contributed by atoms with Crippen molar-refractivity contribution in [2.45, 2.75) is 0 Å². The van der Waals surface area contributed by atoms with Crippen molar-refractivity contribution < 1.29 is 9.66 Å². The van der Waals surface area contributed by atoms with Gasteiger partial charge in [0, 0.05) is 23.9 Å². The number of nitro benzene ring substituents is 1. The Hall–Kier alpha value is -2.86. The molecule has 0 amide bonds. The van der Waals surface area contributed by atoms with Crippen LogP contribution in [0.4, 0.5) is 5.69 Å². The van der Waals surface area contributed by atoms with Gasteiger partial charge >= 0.3 is 0 Å². The maximum absolute atomic E-state index is 10.7. The van der Waals surface area contributed by atoms with E-state index < -0.39 is 0 Å². The number of benzene rings is 2. The second-order valence-corrected chi connectivity index (χ2v) is 6.24. The topological polar surface area (TPSA) is 56.8 Å². The van der Waals surface area contributed by atoms with E-state index in [1.54, 1.807) is 30.6 Å². The van der Waals surface area contributed by atoms with Crippen molar-refractivity contribution >= 4 is 32.1 Å². The molecule has 0 fully saturated rings. The molecular weight excluding hydrogens is 312 g/mol. The Morgan fingerprint density at radius 3 is 2.57 bits per heavy atom. The number of thiazole rings is 1. The highest BCUT2D eigenvalue weighted by atomic mass is 32.1. The molecule has 0 spiro atoms. The van der Waals surface area contributed by atoms with Crippen LogP contribution in [0.5, 0.6) is 5.75 Å². The first-order chi connectivity index (χ1) is 11.2. The quantitative estimate of drug-likeness (QED) is 0.404. The van der Waals surface area contributed by atoms with Crippen LogP contribution in [-0.2, 0) is 0 Å². The van der Waals surface area contributed by atoms with E-state index in [0.29, 0.717) is 0 Å². The molecule has 0 atom stereocenters. The molecule has 0 aliphatic heterocycles. The second kappa shape index (κ2) is 5.10. The molecule has 0 bridgehead atoms. The molecule has 4 rings (SSSR count). The molecule has 0 aliphatic carbocycles. The Bertz CT molecular complexity index is 1030. The molecule has 0 saturated heterocycles. The van der Waals surface area contributed by atoms with Gasteiger partial charge in [0.15, 0.2) is 0 Å². The van der Waals surface area contributed by atoms with Crippen LogP contribution in [0.15, 0.2) is 54.7 Å². The van der Waals surface area contributed by atoms with Crippen molar-refractivity contribution in [2.24, 2.45) is 0 Å². The minimum Gasteiger partial charge on any atom is -0.497 e. The zero-order valence-electron chi connectivity index (χ0n) is 12.2. The number of aromatic nitrogens is 1. The van der Waals surface area contributed by atoms with Crippen molar-refractivity contribution in [2.75, 3.05) is 7.11 Å². The number of nitro groups is 1. The predicted molar refractivity (Wildman–Crippen MR) is 91.4 cm³/mol. The van der Waals surface area contributed by atoms with E-state index in [4.69, 9.17) is 4.74 Å². The maximum atomic E-state index is 10.7. The van der Waals surface area contributed by atoms with Crippen LogP contribution >= 0.6 is 11.3 Å². The highest BCUT2D eigenvalue weighted by Crippen LogP contribution is 2.34. The molecule has 4 aromatic rings. The predicted octanol–water partition coefficient (Wildman–Crippen LogP) is 4.74. The van der Waals surface area contributed by atoms with Crippen molar-refractivity contribution in [3.8, 4) is 16.9 Å². The van der Waals surface area contributed by atoms with Gasteiger partial charge < -0.3 is 9.14 Å². The zero-order valence-corrected chi connectivity index (χ0v) is 13.0. The molecule has 23 heavy (non-hydrogen) atoms. The van der Waals surface area contributed by atoms with Gasteiger partial charge in [0.25, 0.3) is 5.69 Å². The van der Waals surface area contributed by atoms with Crippen LogP contribution in [-0.4, -0.2) is 16.4 Å². The van der Waals surface area contributed by atoms with Crippen LogP contribution < -0.4 is 4.74 Å². The summed E-state index contributed by atoms with van der Waals surface area (Å²) in [6.45, 7) is 0. The molecule has 5 nitrogen and oxygen atoms in total. The lowest BCUT2D eigenvalue weighted by atomic mass is 10.1. The number of fused-ring (bicyclic) bond motifs is 3. The molecule has 6 heteroatoms. The molecule has 2 heterocycles. The third-order valence-corrected chi connectivity index (χ3v) is 4.91. The third-order valence-electron chi connectivity index (χ3n) is 3.84. The van der Waals surface area contributed by atoms with E-state index in [9.17, 15) is 10.1 Å². The molecule has 0 aliphatic rings. The molecule has 0 N–H and O–H groups in total. The number of ether oxygens (including phenoxy) is 1. The van der Waals surface area contributed by atoms with Gasteiger partial charge in [-0.1, -0.05) is 0 Å². The average Bonchev–Trinajstić information content (AvgIpc) is 3.11. The van der Waals surface area contributed by atoms with Crippen molar-refractivity contribution in [3.05, 3.63) is 64.8 Å². The zero-order chi connectivity index (χ0) is 16.0. The lowest BCUT2D eigenvalue weighted by Crippen LogP contribution is -1.86. The number of rotatable bonds is 3. The summed E-state index contributed by atoms with van der Waals surface area (Å²) in [5.74, 6) is 0.845. The fraction of sp³-hybridized carbons (Fsp3) is 0.0588. The summed E-state index contributed by atoms with van der Waals surface area (Å²) in [6, 6.07) is 14.7. The first kappa shape index (κ1) is 13.8. The fourth-order valence-electron chi connectivity index (χ4n) is 2.66. The normalized spacial score (nSPS) is 11.2. The number of hydrogen-bond donors (Lipinski definition) is 0. The Morgan fingerprint density at radius 2 is 1.87 bits per heavy atom. The largest absolute Gasteiger partial charge is 0.497 e. The highest BCUT2D eigenvalue weighted by Gasteiger charge is 2.11. The summed E-state index contributed by atoms with van der Waals surface area (Å²) in [5.41, 5.74) is 3.24. The van der Waals surface area contributed by atoms with E-state index in [0.717, 1.165) is 31.9 Å². The first-order valence-corrected chi connectivity index (χ1v) is 7.81. The maximum Gasteiger partial charge on any atom is 0.269 e. The number of nitrogens with zero attached hydrogens (tertiary/aromatic N) is 2. The molecule has 0 saturated carbocycles. The lowest BCUT2D eigenvalue weighted by Gasteiger charge is -1.99. The van der Waals surface area contributed by atoms with Gasteiger partial charge in [-0.05, 0) is 42.0 Å². The van der Waals surface area contributed by atoms with Gasteiger partial charge in [-0.25, -0.2) is 0 Å². The Morgan fingerprint density at radius 1 is 1.09 bits per heavy atom. The van der Waals surface area contributed by atoms with Gasteiger partial charge in [0.05, 0.1) is 22.2 Å². The van der Waals surface area contributed by atoms with Crippen LogP contribution in [0.3, 0.4) is 0 Å². The summed E-state index contributed by atoms with van der Waals surface area (Å²) >= 11 is 1.69. The van der Waals surface area contributed by atoms with Gasteiger partial charge in [-0.2, -0.15) is 0 Å². The minimum absolute atomic E-state index is 0.104. The van der Waals surface area contributed by atoms with Gasteiger partial charge in [0.1, 0.15) is 10.6 Å². The fourth-order valence-corrected chi connectivity index (χ4v) is 3.76. The summed E-state index contributed by atoms with van der Waals surface area (Å²) in [6.07, 6.45) is 2.06. The van der Waals surface area contributed by atoms with E-state index in [-0.39, 0.29) is 10.6 Å². The van der Waals surface area contributed by atoms with E-state index in [2.05, 4.69) is 16.7 Å². The summed E-state index contributed by atoms with van der Waals surface area (Å²) in [4.78, 5) is 11.5. The minimum atomic E-state index is -0.386. The number of non-ortho nitro benzene ring substituents is 1. The molecule has 114 valence electrons. The van der Waals surface area contributed by atoms with Crippen LogP contribution in [0.25, 0.3) is 26.2 Å². The number of hydrogen-bond acceptors (Lipinski definition) is 4. The monoisotopic (exact) mass is 324 g/mol. The number of methoxy groups -OCH3 is 1. The van der Waals surface area contributed by atoms with Gasteiger partial charge in [0.2, 0.25) is 0 Å². The Labute approximate surface area is 135 Å². The van der Waals surface area contributed by atoms with E-state index in [1.165, 1.54) is 12.1 Å². The van der Waals surface area contributed by atoms with Crippen LogP contribution in [0.2, 0.25) is 0 Å². The van der Waals surface area contributed by atoms with E-state index in [1.807, 2.05) is 18.2 Å². The van der Waals surface area contributed by atoms with Crippen LogP contribution in [0.1, 0.15) is 0 Å². The van der Waals surface area contributed by atoms with Crippen LogP contribution in [0, 0.1) is 10.1 Å². The van der Waals surface area contributed by atoms with Crippen molar-refractivity contribution in [1.82, 2.24) is 4.40 Å². The summed E-state index contributed by atoms with van der Waals surface area (Å²) in [5, 5.41) is 10.7. The van der Waals surface area contributed by atoms with Gasteiger partial charge in [-0.15, -0.1) is 11.3 Å². The average molecular weight is 324 g/mol. The molecule has 0 radical (unpaired) electrons.